The van der Waals surface area contributed by atoms with Crippen molar-refractivity contribution in [1.82, 2.24) is 20.1 Å². The smallest absolute Gasteiger partial charge is 0.270 e. The highest BCUT2D eigenvalue weighted by atomic mass is 32.1. The predicted molar refractivity (Wildman–Crippen MR) is 101 cm³/mol. The van der Waals surface area contributed by atoms with Crippen molar-refractivity contribution < 1.29 is 4.52 Å². The van der Waals surface area contributed by atoms with Gasteiger partial charge in [0.05, 0.1) is 5.69 Å². The summed E-state index contributed by atoms with van der Waals surface area (Å²) in [6.45, 7) is 8.06. The number of anilines is 1. The first-order chi connectivity index (χ1) is 12.1. The molecule has 0 amide bonds. The fourth-order valence-electron chi connectivity index (χ4n) is 2.42. The number of aromatic nitrogens is 4. The standard InChI is InChI=1S/C16H13N5OS.C2H6/c1-8-6-19-16-11(9(8)2)12(17)13(23-16)15-20-14(21-22-15)10-4-3-5-18-7-10;1-2/h3-7H,17H2,1-2H3;1-2H3. The maximum atomic E-state index is 6.32. The van der Waals surface area contributed by atoms with E-state index < -0.39 is 0 Å². The second-order valence-corrected chi connectivity index (χ2v) is 6.26. The second kappa shape index (κ2) is 6.98. The summed E-state index contributed by atoms with van der Waals surface area (Å²) in [7, 11) is 0. The number of hydrogen-bond acceptors (Lipinski definition) is 7. The summed E-state index contributed by atoms with van der Waals surface area (Å²) in [4.78, 5) is 14.6. The summed E-state index contributed by atoms with van der Waals surface area (Å²) in [5.74, 6) is 0.896. The van der Waals surface area contributed by atoms with E-state index >= 15 is 0 Å². The molecule has 0 saturated carbocycles. The van der Waals surface area contributed by atoms with Crippen molar-refractivity contribution in [3.8, 4) is 22.2 Å². The van der Waals surface area contributed by atoms with Crippen LogP contribution in [0, 0.1) is 13.8 Å². The molecule has 0 radical (unpaired) electrons. The molecule has 4 aromatic rings. The molecular formula is C18H19N5OS. The zero-order valence-corrected chi connectivity index (χ0v) is 15.4. The van der Waals surface area contributed by atoms with E-state index in [-0.39, 0.29) is 0 Å². The molecule has 0 aliphatic heterocycles. The van der Waals surface area contributed by atoms with Crippen LogP contribution in [0.2, 0.25) is 0 Å². The summed E-state index contributed by atoms with van der Waals surface area (Å²) >= 11 is 1.46. The molecule has 4 aromatic heterocycles. The first-order valence-electron chi connectivity index (χ1n) is 8.04. The molecule has 7 heteroatoms. The van der Waals surface area contributed by atoms with Crippen molar-refractivity contribution in [3.63, 3.8) is 0 Å². The van der Waals surface area contributed by atoms with Gasteiger partial charge in [-0.25, -0.2) is 4.98 Å². The van der Waals surface area contributed by atoms with Gasteiger partial charge in [0.25, 0.3) is 5.89 Å². The number of hydrogen-bond donors (Lipinski definition) is 1. The number of aryl methyl sites for hydroxylation is 2. The molecule has 6 nitrogen and oxygen atoms in total. The normalized spacial score (nSPS) is 10.6. The number of nitrogens with zero attached hydrogens (tertiary/aromatic N) is 4. The Hall–Kier alpha value is -2.80. The average molecular weight is 353 g/mol. The van der Waals surface area contributed by atoms with Crippen LogP contribution < -0.4 is 5.73 Å². The van der Waals surface area contributed by atoms with Gasteiger partial charge in [-0.2, -0.15) is 4.98 Å². The van der Waals surface area contributed by atoms with Gasteiger partial charge in [0.2, 0.25) is 5.82 Å². The minimum Gasteiger partial charge on any atom is -0.397 e. The van der Waals surface area contributed by atoms with Gasteiger partial charge in [-0.1, -0.05) is 19.0 Å². The quantitative estimate of drug-likeness (QED) is 0.565. The van der Waals surface area contributed by atoms with Gasteiger partial charge in [0, 0.05) is 29.5 Å². The molecule has 4 heterocycles. The Morgan fingerprint density at radius 3 is 2.68 bits per heavy atom. The molecule has 2 N–H and O–H groups in total. The van der Waals surface area contributed by atoms with Crippen molar-refractivity contribution in [2.75, 3.05) is 5.73 Å². The lowest BCUT2D eigenvalue weighted by Crippen LogP contribution is -1.90. The van der Waals surface area contributed by atoms with Crippen LogP contribution >= 0.6 is 11.3 Å². The molecule has 0 saturated heterocycles. The van der Waals surface area contributed by atoms with Crippen LogP contribution in [0.1, 0.15) is 25.0 Å². The largest absolute Gasteiger partial charge is 0.397 e. The van der Waals surface area contributed by atoms with E-state index in [4.69, 9.17) is 10.3 Å². The van der Waals surface area contributed by atoms with Gasteiger partial charge in [0.1, 0.15) is 9.71 Å². The molecule has 0 bridgehead atoms. The molecule has 0 unspecified atom stereocenters. The minimum atomic E-state index is 0.404. The van der Waals surface area contributed by atoms with Crippen molar-refractivity contribution >= 4 is 27.2 Å². The summed E-state index contributed by atoms with van der Waals surface area (Å²) in [5.41, 5.74) is 9.99. The van der Waals surface area contributed by atoms with Crippen LogP contribution in [-0.4, -0.2) is 20.1 Å². The van der Waals surface area contributed by atoms with Crippen LogP contribution in [0.3, 0.4) is 0 Å². The van der Waals surface area contributed by atoms with Gasteiger partial charge in [0.15, 0.2) is 0 Å². The van der Waals surface area contributed by atoms with E-state index in [0.717, 1.165) is 31.8 Å². The second-order valence-electron chi connectivity index (χ2n) is 5.26. The summed E-state index contributed by atoms with van der Waals surface area (Å²) in [6, 6.07) is 3.71. The molecule has 0 atom stereocenters. The van der Waals surface area contributed by atoms with Crippen molar-refractivity contribution in [2.24, 2.45) is 0 Å². The molecule has 4 rings (SSSR count). The van der Waals surface area contributed by atoms with Crippen molar-refractivity contribution in [1.29, 1.82) is 0 Å². The Morgan fingerprint density at radius 1 is 1.16 bits per heavy atom. The van der Waals surface area contributed by atoms with Crippen LogP contribution in [-0.2, 0) is 0 Å². The van der Waals surface area contributed by atoms with Gasteiger partial charge in [-0.3, -0.25) is 4.98 Å². The van der Waals surface area contributed by atoms with Gasteiger partial charge >= 0.3 is 0 Å². The number of rotatable bonds is 2. The van der Waals surface area contributed by atoms with Crippen LogP contribution in [0.25, 0.3) is 32.4 Å². The highest BCUT2D eigenvalue weighted by Crippen LogP contribution is 2.41. The van der Waals surface area contributed by atoms with Crippen molar-refractivity contribution in [2.45, 2.75) is 27.7 Å². The molecule has 0 aliphatic rings. The topological polar surface area (TPSA) is 90.7 Å². The first kappa shape index (κ1) is 17.0. The minimum absolute atomic E-state index is 0.404. The highest BCUT2D eigenvalue weighted by molar-refractivity contribution is 7.22. The molecular weight excluding hydrogens is 334 g/mol. The molecule has 0 fully saturated rings. The molecule has 0 spiro atoms. The monoisotopic (exact) mass is 353 g/mol. The van der Waals surface area contributed by atoms with Gasteiger partial charge < -0.3 is 10.3 Å². The number of nitrogen functional groups attached to an aromatic ring is 1. The van der Waals surface area contributed by atoms with E-state index in [0.29, 0.717) is 17.4 Å². The Labute approximate surface area is 149 Å². The lowest BCUT2D eigenvalue weighted by Gasteiger charge is -2.01. The lowest BCUT2D eigenvalue weighted by molar-refractivity contribution is 0.433. The van der Waals surface area contributed by atoms with E-state index in [1.54, 1.807) is 12.4 Å². The summed E-state index contributed by atoms with van der Waals surface area (Å²) < 4.78 is 5.40. The Morgan fingerprint density at radius 2 is 1.96 bits per heavy atom. The van der Waals surface area contributed by atoms with Gasteiger partial charge in [-0.15, -0.1) is 11.3 Å². The number of thiophene rings is 1. The van der Waals surface area contributed by atoms with E-state index in [1.807, 2.05) is 46.0 Å². The number of nitrogens with two attached hydrogens (primary N) is 1. The summed E-state index contributed by atoms with van der Waals surface area (Å²) in [6.07, 6.45) is 5.25. The fraction of sp³-hybridized carbons (Fsp3) is 0.222. The molecule has 0 aliphatic carbocycles. The zero-order chi connectivity index (χ0) is 18.0. The third kappa shape index (κ3) is 2.98. The van der Waals surface area contributed by atoms with Crippen LogP contribution in [0.15, 0.2) is 35.2 Å². The van der Waals surface area contributed by atoms with E-state index in [2.05, 4.69) is 20.1 Å². The zero-order valence-electron chi connectivity index (χ0n) is 14.6. The SMILES string of the molecule is CC.Cc1cnc2sc(-c3nc(-c4cccnc4)no3)c(N)c2c1C. The van der Waals surface area contributed by atoms with Crippen LogP contribution in [0.4, 0.5) is 5.69 Å². The third-order valence-electron chi connectivity index (χ3n) is 3.81. The Bertz CT molecular complexity index is 1010. The Kier molecular flexibility index (Phi) is 4.76. The van der Waals surface area contributed by atoms with Crippen LogP contribution in [0.5, 0.6) is 0 Å². The third-order valence-corrected chi connectivity index (χ3v) is 4.91. The molecule has 25 heavy (non-hydrogen) atoms. The summed E-state index contributed by atoms with van der Waals surface area (Å²) in [5, 5.41) is 4.98. The first-order valence-corrected chi connectivity index (χ1v) is 8.85. The number of fused-ring (bicyclic) bond motifs is 1. The Balaban J connectivity index is 0.000000880. The molecule has 128 valence electrons. The highest BCUT2D eigenvalue weighted by Gasteiger charge is 2.20. The van der Waals surface area contributed by atoms with Gasteiger partial charge in [-0.05, 0) is 37.1 Å². The maximum absolute atomic E-state index is 6.32. The predicted octanol–water partition coefficient (Wildman–Crippen LogP) is 4.63. The lowest BCUT2D eigenvalue weighted by atomic mass is 10.1. The average Bonchev–Trinajstić information content (AvgIpc) is 3.26. The maximum Gasteiger partial charge on any atom is 0.270 e. The number of pyridine rings is 2. The fourth-order valence-corrected chi connectivity index (χ4v) is 3.47. The van der Waals surface area contributed by atoms with Crippen molar-refractivity contribution in [3.05, 3.63) is 41.9 Å². The van der Waals surface area contributed by atoms with E-state index in [1.165, 1.54) is 11.3 Å². The molecule has 0 aromatic carbocycles. The van der Waals surface area contributed by atoms with E-state index in [9.17, 15) is 0 Å².